The molecular formula is C25H36Br2N2NiOSi. The Morgan fingerprint density at radius 3 is 1.66 bits per heavy atom. The van der Waals surface area contributed by atoms with Crippen LogP contribution in [0.4, 0.5) is 11.4 Å². The summed E-state index contributed by atoms with van der Waals surface area (Å²) in [6.45, 7) is 18.0. The molecule has 2 aromatic rings. The first-order valence-corrected chi connectivity index (χ1v) is 19.0. The molecule has 0 heterocycles. The van der Waals surface area contributed by atoms with E-state index in [-0.39, 0.29) is 0 Å². The van der Waals surface area contributed by atoms with E-state index in [0.717, 1.165) is 42.2 Å². The third kappa shape index (κ3) is 10.6. The first-order valence-electron chi connectivity index (χ1n) is 10.7. The number of nitrogens with zero attached hydrogens (tertiary/aromatic N) is 2. The van der Waals surface area contributed by atoms with Gasteiger partial charge in [-0.15, -0.1) is 0 Å². The predicted molar refractivity (Wildman–Crippen MR) is 148 cm³/mol. The molecule has 0 amide bonds. The van der Waals surface area contributed by atoms with E-state index in [1.165, 1.54) is 33.2 Å². The Morgan fingerprint density at radius 1 is 0.844 bits per heavy atom. The van der Waals surface area contributed by atoms with Gasteiger partial charge in [0.25, 0.3) is 0 Å². The van der Waals surface area contributed by atoms with Gasteiger partial charge in [-0.1, -0.05) is 36.4 Å². The molecule has 2 aromatic carbocycles. The standard InChI is InChI=1S/C25H36N2OSi.2BrH.Ni/c1-18-12-9-13-19(2)24(18)26-22(5)23(16-11-17-28-29(6,7)8)27-25-20(3)14-10-15-21(25)4;;;/h9-10,12-15H,11,16-17H2,1-8H3;2*1H;/q;;;+2/p-2. The van der Waals surface area contributed by atoms with Crippen LogP contribution in [0, 0.1) is 27.7 Å². The molecule has 0 atom stereocenters. The number of aliphatic imine (C=N–C) groups is 2. The summed E-state index contributed by atoms with van der Waals surface area (Å²) < 4.78 is 6.06. The van der Waals surface area contributed by atoms with Crippen LogP contribution in [-0.4, -0.2) is 26.3 Å². The second kappa shape index (κ2) is 14.6. The Balaban J connectivity index is 0.00000161. The second-order valence-electron chi connectivity index (χ2n) is 8.85. The van der Waals surface area contributed by atoms with Crippen molar-refractivity contribution in [1.29, 1.82) is 0 Å². The molecule has 0 aliphatic carbocycles. The molecule has 0 aromatic heterocycles. The van der Waals surface area contributed by atoms with Crippen molar-refractivity contribution in [3.63, 3.8) is 0 Å². The van der Waals surface area contributed by atoms with Crippen LogP contribution in [0.15, 0.2) is 46.4 Å². The van der Waals surface area contributed by atoms with E-state index in [9.17, 15) is 0 Å². The maximum atomic E-state index is 6.06. The molecule has 0 aliphatic heterocycles. The zero-order valence-corrected chi connectivity index (χ0v) is 25.6. The van der Waals surface area contributed by atoms with Crippen molar-refractivity contribution in [2.75, 3.05) is 6.61 Å². The fourth-order valence-corrected chi connectivity index (χ4v) is 4.02. The van der Waals surface area contributed by atoms with Crippen LogP contribution in [0.5, 0.6) is 0 Å². The van der Waals surface area contributed by atoms with Gasteiger partial charge < -0.3 is 4.43 Å². The molecule has 0 fully saturated rings. The summed E-state index contributed by atoms with van der Waals surface area (Å²) in [6, 6.07) is 12.6. The van der Waals surface area contributed by atoms with Crippen LogP contribution >= 0.6 is 28.5 Å². The summed E-state index contributed by atoms with van der Waals surface area (Å²) in [4.78, 5) is 10.1. The predicted octanol–water partition coefficient (Wildman–Crippen LogP) is 9.11. The van der Waals surface area contributed by atoms with E-state index in [2.05, 4.69) is 119 Å². The van der Waals surface area contributed by atoms with Crippen molar-refractivity contribution in [3.8, 4) is 0 Å². The van der Waals surface area contributed by atoms with E-state index in [1.807, 2.05) is 0 Å². The number of halogens is 2. The minimum atomic E-state index is -1.49. The van der Waals surface area contributed by atoms with Crippen LogP contribution in [0.1, 0.15) is 42.0 Å². The van der Waals surface area contributed by atoms with Gasteiger partial charge in [-0.2, -0.15) is 0 Å². The first kappa shape index (κ1) is 29.4. The van der Waals surface area contributed by atoms with Crippen LogP contribution in [0.2, 0.25) is 19.6 Å². The van der Waals surface area contributed by atoms with E-state index < -0.39 is 8.32 Å². The first-order chi connectivity index (χ1) is 15.0. The van der Waals surface area contributed by atoms with Crippen LogP contribution in [-0.2, 0) is 15.3 Å². The van der Waals surface area contributed by atoms with Gasteiger partial charge in [0.2, 0.25) is 0 Å². The van der Waals surface area contributed by atoms with Gasteiger partial charge in [0.1, 0.15) is 0 Å². The van der Waals surface area contributed by atoms with Crippen LogP contribution in [0.3, 0.4) is 0 Å². The third-order valence-corrected chi connectivity index (χ3v) is 5.99. The monoisotopic (exact) mass is 624 g/mol. The van der Waals surface area contributed by atoms with Gasteiger partial charge in [0.15, 0.2) is 8.32 Å². The molecule has 0 bridgehead atoms. The van der Waals surface area contributed by atoms with Crippen LogP contribution < -0.4 is 0 Å². The zero-order chi connectivity index (χ0) is 24.3. The summed E-state index contributed by atoms with van der Waals surface area (Å²) in [5, 5.41) is 0. The van der Waals surface area contributed by atoms with Gasteiger partial charge in [-0.3, -0.25) is 9.98 Å². The molecule has 0 saturated carbocycles. The maximum absolute atomic E-state index is 6.06. The summed E-state index contributed by atoms with van der Waals surface area (Å²) in [5.41, 5.74) is 8.92. The molecule has 3 nitrogen and oxygen atoms in total. The van der Waals surface area contributed by atoms with E-state index in [1.54, 1.807) is 0 Å². The van der Waals surface area contributed by atoms with Crippen molar-refractivity contribution < 1.29 is 15.3 Å². The molecule has 0 unspecified atom stereocenters. The van der Waals surface area contributed by atoms with Gasteiger partial charge in [0.05, 0.1) is 22.8 Å². The van der Waals surface area contributed by atoms with Gasteiger partial charge >= 0.3 is 39.3 Å². The molecule has 0 saturated heterocycles. The number of rotatable bonds is 8. The van der Waals surface area contributed by atoms with Gasteiger partial charge in [-0.25, -0.2) is 0 Å². The molecule has 2 rings (SSSR count). The van der Waals surface area contributed by atoms with Crippen molar-refractivity contribution in [2.45, 2.75) is 67.1 Å². The molecule has 0 spiro atoms. The second-order valence-corrected chi connectivity index (χ2v) is 18.3. The van der Waals surface area contributed by atoms with E-state index >= 15 is 0 Å². The number of para-hydroxylation sites is 2. The Morgan fingerprint density at radius 2 is 1.25 bits per heavy atom. The average Bonchev–Trinajstić information content (AvgIpc) is 2.69. The molecular weight excluding hydrogens is 591 g/mol. The van der Waals surface area contributed by atoms with Crippen molar-refractivity contribution in [3.05, 3.63) is 58.7 Å². The van der Waals surface area contributed by atoms with Gasteiger partial charge in [0, 0.05) is 6.61 Å². The molecule has 180 valence electrons. The Hall–Kier alpha value is -0.590. The summed E-state index contributed by atoms with van der Waals surface area (Å²) in [7, 11) is -0.244. The number of hydrogen-bond acceptors (Lipinski definition) is 3. The zero-order valence-electron chi connectivity index (χ0n) is 20.5. The summed E-state index contributed by atoms with van der Waals surface area (Å²) >= 11 is 6.00. The molecule has 7 heteroatoms. The van der Waals surface area contributed by atoms with Crippen molar-refractivity contribution in [2.24, 2.45) is 9.98 Å². The van der Waals surface area contributed by atoms with E-state index in [4.69, 9.17) is 14.4 Å². The fourth-order valence-electron chi connectivity index (χ4n) is 3.27. The van der Waals surface area contributed by atoms with Crippen molar-refractivity contribution in [1.82, 2.24) is 0 Å². The van der Waals surface area contributed by atoms with Crippen molar-refractivity contribution >= 4 is 59.6 Å². The average molecular weight is 627 g/mol. The Labute approximate surface area is 216 Å². The third-order valence-electron chi connectivity index (χ3n) is 4.92. The summed E-state index contributed by atoms with van der Waals surface area (Å²) in [5.74, 6) is 0. The SMILES string of the molecule is CC(=Nc1c(C)cccc1C)C(CCCO[Si](C)(C)C)=Nc1c(C)cccc1C.[Br][Ni][Br]. The Bertz CT molecular complexity index is 900. The number of hydrogen-bond donors (Lipinski definition) is 0. The van der Waals surface area contributed by atoms with Crippen LogP contribution in [0.25, 0.3) is 0 Å². The fraction of sp³-hybridized carbons (Fsp3) is 0.440. The quantitative estimate of drug-likeness (QED) is 0.163. The molecule has 32 heavy (non-hydrogen) atoms. The normalized spacial score (nSPS) is 12.6. The molecule has 0 radical (unpaired) electrons. The van der Waals surface area contributed by atoms with E-state index in [0.29, 0.717) is 0 Å². The Kier molecular flexibility index (Phi) is 13.5. The molecule has 0 aliphatic rings. The molecule has 0 N–H and O–H groups in total. The number of aryl methyl sites for hydroxylation is 4. The number of benzene rings is 2. The summed E-state index contributed by atoms with van der Waals surface area (Å²) in [6.07, 6.45) is 1.81. The van der Waals surface area contributed by atoms with Gasteiger partial charge in [-0.05, 0) is 89.4 Å². The topological polar surface area (TPSA) is 34.0 Å². The minimum absolute atomic E-state index is 0.776.